The number of piperidine rings is 1. The Morgan fingerprint density at radius 1 is 1.42 bits per heavy atom. The molecule has 2 aliphatic heterocycles. The van der Waals surface area contributed by atoms with Crippen LogP contribution in [-0.2, 0) is 0 Å². The molecule has 0 amide bonds. The molecule has 0 bridgehead atoms. The molecule has 0 unspecified atom stereocenters. The molecule has 0 spiro atoms. The van der Waals surface area contributed by atoms with Gasteiger partial charge in [0.25, 0.3) is 0 Å². The molecule has 2 rings (SSSR count). The van der Waals surface area contributed by atoms with Crippen LogP contribution < -0.4 is 5.32 Å². The Morgan fingerprint density at radius 3 is 3.17 bits per heavy atom. The van der Waals surface area contributed by atoms with E-state index < -0.39 is 0 Å². The lowest BCUT2D eigenvalue weighted by molar-refractivity contribution is 0.110. The summed E-state index contributed by atoms with van der Waals surface area (Å²) >= 11 is 0. The second-order valence-electron chi connectivity index (χ2n) is 3.82. The molecular formula is C9H18N2O. The number of hydrogen-bond acceptors (Lipinski definition) is 3. The van der Waals surface area contributed by atoms with Gasteiger partial charge in [-0.3, -0.25) is 4.90 Å². The first-order chi connectivity index (χ1) is 5.92. The molecule has 3 nitrogen and oxygen atoms in total. The molecule has 0 aliphatic carbocycles. The van der Waals surface area contributed by atoms with Crippen molar-refractivity contribution in [1.82, 2.24) is 10.2 Å². The molecule has 2 heterocycles. The molecule has 2 N–H and O–H groups in total. The number of fused-ring (bicyclic) bond motifs is 1. The van der Waals surface area contributed by atoms with E-state index in [4.69, 9.17) is 5.11 Å². The van der Waals surface area contributed by atoms with Gasteiger partial charge in [-0.25, -0.2) is 0 Å². The fourth-order valence-electron chi connectivity index (χ4n) is 2.57. The van der Waals surface area contributed by atoms with Crippen molar-refractivity contribution in [3.05, 3.63) is 0 Å². The maximum Gasteiger partial charge on any atom is 0.0558 e. The highest BCUT2D eigenvalue weighted by Gasteiger charge is 2.33. The highest BCUT2D eigenvalue weighted by atomic mass is 16.3. The Hall–Kier alpha value is -0.120. The summed E-state index contributed by atoms with van der Waals surface area (Å²) in [5.74, 6) is 0. The van der Waals surface area contributed by atoms with Crippen LogP contribution in [0.3, 0.4) is 0 Å². The molecule has 2 atom stereocenters. The van der Waals surface area contributed by atoms with E-state index >= 15 is 0 Å². The molecule has 0 aromatic rings. The maximum absolute atomic E-state index is 8.88. The maximum atomic E-state index is 8.88. The van der Waals surface area contributed by atoms with Crippen LogP contribution in [0.1, 0.15) is 19.3 Å². The molecule has 2 aliphatic rings. The summed E-state index contributed by atoms with van der Waals surface area (Å²) in [4.78, 5) is 2.44. The fraction of sp³-hybridized carbons (Fsp3) is 1.00. The van der Waals surface area contributed by atoms with Gasteiger partial charge < -0.3 is 10.4 Å². The van der Waals surface area contributed by atoms with Crippen molar-refractivity contribution in [2.75, 3.05) is 26.2 Å². The van der Waals surface area contributed by atoms with Crippen LogP contribution >= 0.6 is 0 Å². The zero-order valence-corrected chi connectivity index (χ0v) is 7.50. The molecule has 0 saturated carbocycles. The fourth-order valence-corrected chi connectivity index (χ4v) is 2.57. The number of aliphatic hydroxyl groups is 1. The van der Waals surface area contributed by atoms with Gasteiger partial charge in [0.15, 0.2) is 0 Å². The van der Waals surface area contributed by atoms with Crippen LogP contribution in [0.5, 0.6) is 0 Å². The Kier molecular flexibility index (Phi) is 2.63. The third-order valence-electron chi connectivity index (χ3n) is 3.13. The predicted molar refractivity (Wildman–Crippen MR) is 48.1 cm³/mol. The summed E-state index contributed by atoms with van der Waals surface area (Å²) in [5.41, 5.74) is 0. The standard InChI is InChI=1S/C9H18N2O/c12-7-6-11-5-1-2-8-9(11)3-4-10-8/h8-10,12H,1-7H2/t8-,9-/m0/s1. The van der Waals surface area contributed by atoms with Crippen LogP contribution in [0.15, 0.2) is 0 Å². The Bertz CT molecular complexity index is 149. The summed E-state index contributed by atoms with van der Waals surface area (Å²) < 4.78 is 0. The lowest BCUT2D eigenvalue weighted by atomic mass is 9.98. The van der Waals surface area contributed by atoms with Crippen molar-refractivity contribution in [2.24, 2.45) is 0 Å². The third kappa shape index (κ3) is 1.49. The molecule has 12 heavy (non-hydrogen) atoms. The highest BCUT2D eigenvalue weighted by molar-refractivity contribution is 4.93. The van der Waals surface area contributed by atoms with Crippen molar-refractivity contribution >= 4 is 0 Å². The quantitative estimate of drug-likeness (QED) is 0.603. The minimum Gasteiger partial charge on any atom is -0.395 e. The number of nitrogens with zero attached hydrogens (tertiary/aromatic N) is 1. The monoisotopic (exact) mass is 170 g/mol. The minimum atomic E-state index is 0.309. The number of β-amino-alcohol motifs (C(OH)–C–C–N with tert-alkyl or cyclic N) is 1. The number of aliphatic hydroxyl groups excluding tert-OH is 1. The van der Waals surface area contributed by atoms with E-state index in [1.807, 2.05) is 0 Å². The highest BCUT2D eigenvalue weighted by Crippen LogP contribution is 2.23. The summed E-state index contributed by atoms with van der Waals surface area (Å²) in [7, 11) is 0. The Labute approximate surface area is 73.8 Å². The molecule has 70 valence electrons. The number of nitrogens with one attached hydrogen (secondary N) is 1. The average molecular weight is 170 g/mol. The first-order valence-electron chi connectivity index (χ1n) is 5.00. The summed E-state index contributed by atoms with van der Waals surface area (Å²) in [6.07, 6.45) is 3.88. The minimum absolute atomic E-state index is 0.309. The van der Waals surface area contributed by atoms with E-state index in [9.17, 15) is 0 Å². The van der Waals surface area contributed by atoms with Crippen molar-refractivity contribution in [3.8, 4) is 0 Å². The normalized spacial score (nSPS) is 36.8. The van der Waals surface area contributed by atoms with Gasteiger partial charge in [-0.1, -0.05) is 0 Å². The van der Waals surface area contributed by atoms with Gasteiger partial charge in [-0.15, -0.1) is 0 Å². The van der Waals surface area contributed by atoms with E-state index in [1.54, 1.807) is 0 Å². The molecule has 2 fully saturated rings. The van der Waals surface area contributed by atoms with Gasteiger partial charge in [0.2, 0.25) is 0 Å². The van der Waals surface area contributed by atoms with E-state index in [0.29, 0.717) is 18.7 Å². The molecule has 0 aromatic heterocycles. The Morgan fingerprint density at radius 2 is 2.33 bits per heavy atom. The van der Waals surface area contributed by atoms with Crippen LogP contribution in [-0.4, -0.2) is 48.3 Å². The largest absolute Gasteiger partial charge is 0.395 e. The van der Waals surface area contributed by atoms with Crippen molar-refractivity contribution in [1.29, 1.82) is 0 Å². The number of hydrogen-bond donors (Lipinski definition) is 2. The third-order valence-corrected chi connectivity index (χ3v) is 3.13. The number of likely N-dealkylation sites (tertiary alicyclic amines) is 1. The van der Waals surface area contributed by atoms with Crippen molar-refractivity contribution in [3.63, 3.8) is 0 Å². The molecule has 3 heteroatoms. The van der Waals surface area contributed by atoms with Gasteiger partial charge in [0.05, 0.1) is 6.61 Å². The summed E-state index contributed by atoms with van der Waals surface area (Å²) in [6, 6.07) is 1.43. The molecule has 0 radical (unpaired) electrons. The smallest absolute Gasteiger partial charge is 0.0558 e. The molecule has 2 saturated heterocycles. The topological polar surface area (TPSA) is 35.5 Å². The van der Waals surface area contributed by atoms with Gasteiger partial charge in [0, 0.05) is 18.6 Å². The first kappa shape index (κ1) is 8.48. The predicted octanol–water partition coefficient (Wildman–Crippen LogP) is -0.195. The second kappa shape index (κ2) is 3.73. The first-order valence-corrected chi connectivity index (χ1v) is 5.00. The SMILES string of the molecule is OCCN1CCC[C@@H]2NCC[C@@H]21. The van der Waals surface area contributed by atoms with Crippen LogP contribution in [0, 0.1) is 0 Å². The second-order valence-corrected chi connectivity index (χ2v) is 3.82. The zero-order valence-electron chi connectivity index (χ0n) is 7.50. The van der Waals surface area contributed by atoms with E-state index in [2.05, 4.69) is 10.2 Å². The van der Waals surface area contributed by atoms with Crippen LogP contribution in [0.2, 0.25) is 0 Å². The molecule has 0 aromatic carbocycles. The summed E-state index contributed by atoms with van der Waals surface area (Å²) in [6.45, 7) is 3.52. The Balaban J connectivity index is 1.94. The zero-order chi connectivity index (χ0) is 8.39. The summed E-state index contributed by atoms with van der Waals surface area (Å²) in [5, 5.41) is 12.4. The van der Waals surface area contributed by atoms with Gasteiger partial charge in [-0.2, -0.15) is 0 Å². The van der Waals surface area contributed by atoms with E-state index in [0.717, 1.165) is 13.1 Å². The average Bonchev–Trinajstić information content (AvgIpc) is 2.53. The lowest BCUT2D eigenvalue weighted by Crippen LogP contribution is -2.49. The van der Waals surface area contributed by atoms with E-state index in [1.165, 1.54) is 25.8 Å². The van der Waals surface area contributed by atoms with Crippen molar-refractivity contribution < 1.29 is 5.11 Å². The van der Waals surface area contributed by atoms with Gasteiger partial charge in [-0.05, 0) is 32.4 Å². The van der Waals surface area contributed by atoms with E-state index in [-0.39, 0.29) is 0 Å². The number of rotatable bonds is 2. The molecular weight excluding hydrogens is 152 g/mol. The van der Waals surface area contributed by atoms with Crippen LogP contribution in [0.4, 0.5) is 0 Å². The van der Waals surface area contributed by atoms with Crippen molar-refractivity contribution in [2.45, 2.75) is 31.3 Å². The van der Waals surface area contributed by atoms with Crippen LogP contribution in [0.25, 0.3) is 0 Å². The van der Waals surface area contributed by atoms with Gasteiger partial charge in [0.1, 0.15) is 0 Å². The lowest BCUT2D eigenvalue weighted by Gasteiger charge is -2.36. The van der Waals surface area contributed by atoms with Gasteiger partial charge >= 0.3 is 0 Å².